The standard InChI is InChI=1S/C26H25N5O5/c1-3-35-26(34)20-14-19-22(28-21-16(2)6-4-12-30(21)25(19)33)31(15-18-7-5-13-36-18)23(20)29-24(32)17-8-10-27-11-9-17/h4,6,8-12,14,18H,3,5,7,13,15H2,1-2H3/t18-/m0/s1. The highest BCUT2D eigenvalue weighted by atomic mass is 16.5. The quantitative estimate of drug-likeness (QED) is 0.313. The number of pyridine rings is 3. The van der Waals surface area contributed by atoms with Crippen molar-refractivity contribution >= 4 is 28.6 Å². The van der Waals surface area contributed by atoms with Crippen LogP contribution in [0.4, 0.5) is 0 Å². The summed E-state index contributed by atoms with van der Waals surface area (Å²) in [5, 5.41) is 0.217. The Labute approximate surface area is 205 Å². The third-order valence-corrected chi connectivity index (χ3v) is 6.15. The number of hydrogen-bond acceptors (Lipinski definition) is 7. The van der Waals surface area contributed by atoms with Crippen LogP contribution in [0.25, 0.3) is 16.7 Å². The summed E-state index contributed by atoms with van der Waals surface area (Å²) in [4.78, 5) is 52.8. The number of ether oxygens (including phenoxy) is 2. The molecule has 0 spiro atoms. The second-order valence-corrected chi connectivity index (χ2v) is 8.54. The lowest BCUT2D eigenvalue weighted by Crippen LogP contribution is -2.35. The maximum absolute atomic E-state index is 13.5. The molecular formula is C26H25N5O5. The number of rotatable bonds is 5. The fourth-order valence-electron chi connectivity index (χ4n) is 4.39. The van der Waals surface area contributed by atoms with Gasteiger partial charge in [0.25, 0.3) is 11.5 Å². The van der Waals surface area contributed by atoms with Gasteiger partial charge in [0.1, 0.15) is 16.9 Å². The van der Waals surface area contributed by atoms with E-state index in [1.54, 1.807) is 35.9 Å². The van der Waals surface area contributed by atoms with Crippen molar-refractivity contribution in [3.63, 3.8) is 0 Å². The molecule has 0 saturated carbocycles. The van der Waals surface area contributed by atoms with Gasteiger partial charge in [-0.2, -0.15) is 4.99 Å². The molecule has 4 aromatic heterocycles. The zero-order chi connectivity index (χ0) is 25.2. The first kappa shape index (κ1) is 23.6. The van der Waals surface area contributed by atoms with E-state index in [0.717, 1.165) is 18.4 Å². The highest BCUT2D eigenvalue weighted by Gasteiger charge is 2.24. The number of carbonyl (C=O) groups is 2. The first-order valence-electron chi connectivity index (χ1n) is 11.8. The number of carbonyl (C=O) groups excluding carboxylic acids is 2. The molecule has 184 valence electrons. The van der Waals surface area contributed by atoms with Gasteiger partial charge >= 0.3 is 5.97 Å². The average Bonchev–Trinajstić information content (AvgIpc) is 3.40. The molecule has 1 amide bonds. The third kappa shape index (κ3) is 4.31. The van der Waals surface area contributed by atoms with Gasteiger partial charge in [-0.05, 0) is 56.5 Å². The third-order valence-electron chi connectivity index (χ3n) is 6.15. The zero-order valence-corrected chi connectivity index (χ0v) is 20.0. The Kier molecular flexibility index (Phi) is 6.43. The minimum Gasteiger partial charge on any atom is -0.462 e. The van der Waals surface area contributed by atoms with Crippen LogP contribution in [0, 0.1) is 6.92 Å². The van der Waals surface area contributed by atoms with Gasteiger partial charge in [0.05, 0.1) is 24.6 Å². The maximum atomic E-state index is 13.5. The summed E-state index contributed by atoms with van der Waals surface area (Å²) in [5.41, 5.74) is 1.66. The molecule has 1 aliphatic heterocycles. The summed E-state index contributed by atoms with van der Waals surface area (Å²) < 4.78 is 14.2. The number of aryl methyl sites for hydroxylation is 1. The number of fused-ring (bicyclic) bond motifs is 2. The molecule has 10 heteroatoms. The van der Waals surface area contributed by atoms with Gasteiger partial charge < -0.3 is 14.0 Å². The Morgan fingerprint density at radius 2 is 2.03 bits per heavy atom. The van der Waals surface area contributed by atoms with Crippen molar-refractivity contribution in [2.75, 3.05) is 13.2 Å². The van der Waals surface area contributed by atoms with Gasteiger partial charge in [-0.1, -0.05) is 6.07 Å². The van der Waals surface area contributed by atoms with Crippen LogP contribution in [0.15, 0.2) is 58.7 Å². The molecule has 0 bridgehead atoms. The summed E-state index contributed by atoms with van der Waals surface area (Å²) >= 11 is 0. The van der Waals surface area contributed by atoms with E-state index < -0.39 is 11.9 Å². The van der Waals surface area contributed by atoms with E-state index >= 15 is 0 Å². The summed E-state index contributed by atoms with van der Waals surface area (Å²) in [7, 11) is 0. The molecular weight excluding hydrogens is 462 g/mol. The van der Waals surface area contributed by atoms with E-state index in [1.807, 2.05) is 13.0 Å². The first-order chi connectivity index (χ1) is 17.5. The molecule has 5 rings (SSSR count). The van der Waals surface area contributed by atoms with Crippen LogP contribution in [0.5, 0.6) is 0 Å². The highest BCUT2D eigenvalue weighted by molar-refractivity contribution is 5.97. The molecule has 36 heavy (non-hydrogen) atoms. The van der Waals surface area contributed by atoms with E-state index in [4.69, 9.17) is 14.5 Å². The van der Waals surface area contributed by atoms with Gasteiger partial charge in [0, 0.05) is 30.8 Å². The fourth-order valence-corrected chi connectivity index (χ4v) is 4.39. The van der Waals surface area contributed by atoms with Crippen LogP contribution in [0.2, 0.25) is 0 Å². The van der Waals surface area contributed by atoms with Crippen LogP contribution in [0.1, 0.15) is 46.0 Å². The SMILES string of the molecule is CCOC(=O)c1cc2c(=O)n3cccc(C)c3nc2n(C[C@@H]2CCCO2)c1=NC(=O)c1ccncc1. The van der Waals surface area contributed by atoms with Gasteiger partial charge in [-0.25, -0.2) is 9.78 Å². The van der Waals surface area contributed by atoms with Crippen LogP contribution < -0.4 is 11.0 Å². The number of hydrogen-bond donors (Lipinski definition) is 0. The van der Waals surface area contributed by atoms with Gasteiger partial charge in [0.2, 0.25) is 0 Å². The van der Waals surface area contributed by atoms with E-state index in [9.17, 15) is 14.4 Å². The summed E-state index contributed by atoms with van der Waals surface area (Å²) in [5.74, 6) is -1.24. The Bertz CT molecular complexity index is 1600. The smallest absolute Gasteiger partial charge is 0.341 e. The lowest BCUT2D eigenvalue weighted by atomic mass is 10.1. The summed E-state index contributed by atoms with van der Waals surface area (Å²) in [6.07, 6.45) is 6.12. The molecule has 0 N–H and O–H groups in total. The predicted molar refractivity (Wildman–Crippen MR) is 131 cm³/mol. The van der Waals surface area contributed by atoms with Crippen LogP contribution in [-0.4, -0.2) is 50.1 Å². The summed E-state index contributed by atoms with van der Waals surface area (Å²) in [6.45, 7) is 4.55. The minimum atomic E-state index is -0.685. The van der Waals surface area contributed by atoms with Crippen molar-refractivity contribution in [2.45, 2.75) is 39.3 Å². The first-order valence-corrected chi connectivity index (χ1v) is 11.8. The van der Waals surface area contributed by atoms with Crippen molar-refractivity contribution in [3.05, 3.63) is 81.5 Å². The van der Waals surface area contributed by atoms with Gasteiger partial charge in [0.15, 0.2) is 5.49 Å². The van der Waals surface area contributed by atoms with Crippen molar-refractivity contribution in [3.8, 4) is 0 Å². The largest absolute Gasteiger partial charge is 0.462 e. The molecule has 10 nitrogen and oxygen atoms in total. The van der Waals surface area contributed by atoms with Gasteiger partial charge in [-0.15, -0.1) is 0 Å². The monoisotopic (exact) mass is 487 g/mol. The van der Waals surface area contributed by atoms with Crippen molar-refractivity contribution in [1.29, 1.82) is 0 Å². The normalized spacial score (nSPS) is 16.1. The molecule has 0 unspecified atom stereocenters. The van der Waals surface area contributed by atoms with E-state index in [2.05, 4.69) is 9.98 Å². The molecule has 0 radical (unpaired) electrons. The van der Waals surface area contributed by atoms with Crippen LogP contribution in [-0.2, 0) is 16.0 Å². The number of amides is 1. The summed E-state index contributed by atoms with van der Waals surface area (Å²) in [6, 6.07) is 8.14. The van der Waals surface area contributed by atoms with Crippen molar-refractivity contribution in [2.24, 2.45) is 4.99 Å². The molecule has 1 aliphatic rings. The lowest BCUT2D eigenvalue weighted by molar-refractivity contribution is 0.0521. The molecule has 0 aromatic carbocycles. The number of esters is 1. The Morgan fingerprint density at radius 1 is 1.22 bits per heavy atom. The van der Waals surface area contributed by atoms with E-state index in [-0.39, 0.29) is 41.3 Å². The molecule has 0 aliphatic carbocycles. The van der Waals surface area contributed by atoms with Gasteiger partial charge in [-0.3, -0.25) is 19.0 Å². The van der Waals surface area contributed by atoms with Crippen LogP contribution >= 0.6 is 0 Å². The van der Waals surface area contributed by atoms with Crippen molar-refractivity contribution in [1.82, 2.24) is 18.9 Å². The molecule has 5 heterocycles. The zero-order valence-electron chi connectivity index (χ0n) is 20.0. The molecule has 1 saturated heterocycles. The second-order valence-electron chi connectivity index (χ2n) is 8.54. The lowest BCUT2D eigenvalue weighted by Gasteiger charge is -2.18. The second kappa shape index (κ2) is 9.82. The Balaban J connectivity index is 1.89. The van der Waals surface area contributed by atoms with E-state index in [0.29, 0.717) is 23.5 Å². The highest BCUT2D eigenvalue weighted by Crippen LogP contribution is 2.18. The molecule has 4 aromatic rings. The minimum absolute atomic E-state index is 0.0104. The van der Waals surface area contributed by atoms with Crippen LogP contribution in [0.3, 0.4) is 0 Å². The van der Waals surface area contributed by atoms with E-state index in [1.165, 1.54) is 22.9 Å². The van der Waals surface area contributed by atoms with Crippen molar-refractivity contribution < 1.29 is 19.1 Å². The number of nitrogens with zero attached hydrogens (tertiary/aromatic N) is 5. The topological polar surface area (TPSA) is 117 Å². The molecule has 1 atom stereocenters. The Morgan fingerprint density at radius 3 is 2.75 bits per heavy atom. The number of aromatic nitrogens is 4. The Hall–Kier alpha value is -4.18. The average molecular weight is 488 g/mol. The molecule has 1 fully saturated rings. The maximum Gasteiger partial charge on any atom is 0.341 e. The predicted octanol–water partition coefficient (Wildman–Crippen LogP) is 2.45. The fraction of sp³-hybridized carbons (Fsp3) is 0.308.